The van der Waals surface area contributed by atoms with Crippen LogP contribution < -0.4 is 5.73 Å². The topological polar surface area (TPSA) is 65.5 Å². The van der Waals surface area contributed by atoms with Crippen molar-refractivity contribution in [3.63, 3.8) is 0 Å². The van der Waals surface area contributed by atoms with E-state index in [1.165, 1.54) is 19.3 Å². The molecule has 1 heterocycles. The molecule has 0 aliphatic heterocycles. The molecule has 0 spiro atoms. The van der Waals surface area contributed by atoms with E-state index < -0.39 is 17.9 Å². The molecule has 0 aliphatic rings. The van der Waals surface area contributed by atoms with Crippen LogP contribution >= 0.6 is 12.4 Å². The quantitative estimate of drug-likeness (QED) is 0.835. The number of rotatable bonds is 4. The Labute approximate surface area is 97.1 Å². The second kappa shape index (κ2) is 5.81. The summed E-state index contributed by atoms with van der Waals surface area (Å²) in [7, 11) is 0. The van der Waals surface area contributed by atoms with Gasteiger partial charge >= 0.3 is 11.9 Å². The summed E-state index contributed by atoms with van der Waals surface area (Å²) >= 11 is 0. The average Bonchev–Trinajstić information content (AvgIpc) is 2.69. The molecule has 1 rings (SSSR count). The molecule has 0 fully saturated rings. The predicted molar refractivity (Wildman–Crippen MR) is 54.5 cm³/mol. The number of halogens is 3. The third-order valence-electron chi connectivity index (χ3n) is 1.84. The summed E-state index contributed by atoms with van der Waals surface area (Å²) in [6.07, 6.45) is 2.27. The van der Waals surface area contributed by atoms with Crippen LogP contribution in [0.2, 0.25) is 0 Å². The molecule has 16 heavy (non-hydrogen) atoms. The lowest BCUT2D eigenvalue weighted by Gasteiger charge is -2.20. The maximum absolute atomic E-state index is 13.3. The van der Waals surface area contributed by atoms with Crippen molar-refractivity contribution >= 4 is 18.4 Å². The van der Waals surface area contributed by atoms with Crippen molar-refractivity contribution in [1.82, 2.24) is 0 Å². The van der Waals surface area contributed by atoms with E-state index in [-0.39, 0.29) is 24.6 Å². The zero-order valence-corrected chi connectivity index (χ0v) is 9.30. The highest BCUT2D eigenvalue weighted by Crippen LogP contribution is 2.30. The molecule has 0 saturated heterocycles. The molecule has 0 radical (unpaired) electrons. The van der Waals surface area contributed by atoms with Crippen LogP contribution in [0.4, 0.5) is 8.78 Å². The zero-order valence-electron chi connectivity index (χ0n) is 8.48. The molecular weight excluding hydrogens is 244 g/mol. The Kier molecular flexibility index (Phi) is 5.40. The Hall–Kier alpha value is -1.14. The van der Waals surface area contributed by atoms with Crippen LogP contribution in [0.3, 0.4) is 0 Å². The molecule has 2 N–H and O–H groups in total. The number of carbonyl (C=O) groups is 1. The number of ether oxygens (including phenoxy) is 1. The van der Waals surface area contributed by atoms with Crippen LogP contribution in [0, 0.1) is 0 Å². The Morgan fingerprint density at radius 3 is 2.75 bits per heavy atom. The van der Waals surface area contributed by atoms with E-state index in [1.54, 1.807) is 0 Å². The molecular formula is C9H12ClF2NO3. The van der Waals surface area contributed by atoms with Gasteiger partial charge in [-0.3, -0.25) is 0 Å². The van der Waals surface area contributed by atoms with E-state index >= 15 is 0 Å². The van der Waals surface area contributed by atoms with Gasteiger partial charge in [-0.15, -0.1) is 12.4 Å². The number of nitrogens with two attached hydrogens (primary N) is 1. The molecule has 0 amide bonds. The SMILES string of the molecule is CCOC(=O)C(F)(F)[C@@H](N)c1ccoc1.Cl. The summed E-state index contributed by atoms with van der Waals surface area (Å²) in [4.78, 5) is 10.9. The number of alkyl halides is 2. The largest absolute Gasteiger partial charge is 0.472 e. The van der Waals surface area contributed by atoms with Gasteiger partial charge in [-0.25, -0.2) is 4.79 Å². The molecule has 0 saturated carbocycles. The highest BCUT2D eigenvalue weighted by molar-refractivity contribution is 5.85. The van der Waals surface area contributed by atoms with Crippen LogP contribution in [0.1, 0.15) is 18.5 Å². The first-order chi connectivity index (χ1) is 7.00. The highest BCUT2D eigenvalue weighted by Gasteiger charge is 2.48. The van der Waals surface area contributed by atoms with E-state index in [9.17, 15) is 13.6 Å². The predicted octanol–water partition coefficient (Wildman–Crippen LogP) is 1.90. The fourth-order valence-electron chi connectivity index (χ4n) is 1.02. The van der Waals surface area contributed by atoms with Gasteiger partial charge in [-0.05, 0) is 13.0 Å². The third-order valence-corrected chi connectivity index (χ3v) is 1.84. The minimum atomic E-state index is -3.75. The van der Waals surface area contributed by atoms with E-state index in [0.717, 1.165) is 6.26 Å². The van der Waals surface area contributed by atoms with Crippen molar-refractivity contribution in [2.45, 2.75) is 18.9 Å². The number of carbonyl (C=O) groups excluding carboxylic acids is 1. The first kappa shape index (κ1) is 14.9. The molecule has 4 nitrogen and oxygen atoms in total. The van der Waals surface area contributed by atoms with Gasteiger partial charge in [-0.2, -0.15) is 8.78 Å². The number of furan rings is 1. The zero-order chi connectivity index (χ0) is 11.5. The standard InChI is InChI=1S/C9H11F2NO3.ClH/c1-2-15-8(13)9(10,11)7(12)6-3-4-14-5-6;/h3-5,7H,2,12H2,1H3;1H/t7-;/m0./s1. The smallest absolute Gasteiger partial charge is 0.379 e. The third kappa shape index (κ3) is 2.93. The first-order valence-electron chi connectivity index (χ1n) is 4.32. The van der Waals surface area contributed by atoms with Gasteiger partial charge in [0, 0.05) is 5.56 Å². The number of esters is 1. The minimum absolute atomic E-state index is 0. The molecule has 0 unspecified atom stereocenters. The lowest BCUT2D eigenvalue weighted by molar-refractivity contribution is -0.174. The Morgan fingerprint density at radius 2 is 2.31 bits per heavy atom. The van der Waals surface area contributed by atoms with E-state index in [4.69, 9.17) is 5.73 Å². The summed E-state index contributed by atoms with van der Waals surface area (Å²) in [5.41, 5.74) is 5.29. The van der Waals surface area contributed by atoms with Gasteiger partial charge < -0.3 is 14.9 Å². The summed E-state index contributed by atoms with van der Waals surface area (Å²) in [6.45, 7) is 1.32. The first-order valence-corrected chi connectivity index (χ1v) is 4.32. The summed E-state index contributed by atoms with van der Waals surface area (Å²) < 4.78 is 35.5. The summed E-state index contributed by atoms with van der Waals surface area (Å²) in [5.74, 6) is -5.38. The molecule has 1 atom stereocenters. The number of hydrogen-bond donors (Lipinski definition) is 1. The van der Waals surface area contributed by atoms with Gasteiger partial charge in [0.15, 0.2) is 0 Å². The normalized spacial score (nSPS) is 12.8. The van der Waals surface area contributed by atoms with Crippen LogP contribution in [-0.4, -0.2) is 18.5 Å². The van der Waals surface area contributed by atoms with Crippen LogP contribution in [0.5, 0.6) is 0 Å². The van der Waals surface area contributed by atoms with Crippen molar-refractivity contribution in [3.8, 4) is 0 Å². The maximum Gasteiger partial charge on any atom is 0.379 e. The molecule has 0 bridgehead atoms. The van der Waals surface area contributed by atoms with Crippen LogP contribution in [0.15, 0.2) is 23.0 Å². The molecule has 0 aliphatic carbocycles. The monoisotopic (exact) mass is 255 g/mol. The maximum atomic E-state index is 13.3. The number of hydrogen-bond acceptors (Lipinski definition) is 4. The summed E-state index contributed by atoms with van der Waals surface area (Å²) in [5, 5.41) is 0. The van der Waals surface area contributed by atoms with Gasteiger partial charge in [0.2, 0.25) is 0 Å². The second-order valence-corrected chi connectivity index (χ2v) is 2.88. The van der Waals surface area contributed by atoms with Gasteiger partial charge in [-0.1, -0.05) is 0 Å². The lowest BCUT2D eigenvalue weighted by Crippen LogP contribution is -2.41. The molecule has 7 heteroatoms. The molecule has 1 aromatic rings. The molecule has 1 aromatic heterocycles. The van der Waals surface area contributed by atoms with Gasteiger partial charge in [0.1, 0.15) is 6.04 Å². The van der Waals surface area contributed by atoms with E-state index in [0.29, 0.717) is 0 Å². The molecule has 92 valence electrons. The minimum Gasteiger partial charge on any atom is -0.472 e. The van der Waals surface area contributed by atoms with Crippen molar-refractivity contribution < 1.29 is 22.7 Å². The molecule has 0 aromatic carbocycles. The van der Waals surface area contributed by atoms with Crippen molar-refractivity contribution in [2.24, 2.45) is 5.73 Å². The van der Waals surface area contributed by atoms with Crippen molar-refractivity contribution in [1.29, 1.82) is 0 Å². The van der Waals surface area contributed by atoms with E-state index in [1.807, 2.05) is 0 Å². The average molecular weight is 256 g/mol. The second-order valence-electron chi connectivity index (χ2n) is 2.88. The Bertz CT molecular complexity index is 330. The Balaban J connectivity index is 0.00000225. The highest BCUT2D eigenvalue weighted by atomic mass is 35.5. The summed E-state index contributed by atoms with van der Waals surface area (Å²) in [6, 6.07) is -0.479. The Morgan fingerprint density at radius 1 is 1.69 bits per heavy atom. The fraction of sp³-hybridized carbons (Fsp3) is 0.444. The van der Waals surface area contributed by atoms with Gasteiger partial charge in [0.25, 0.3) is 0 Å². The van der Waals surface area contributed by atoms with Crippen molar-refractivity contribution in [2.75, 3.05) is 6.61 Å². The van der Waals surface area contributed by atoms with E-state index in [2.05, 4.69) is 9.15 Å². The van der Waals surface area contributed by atoms with Crippen LogP contribution in [0.25, 0.3) is 0 Å². The van der Waals surface area contributed by atoms with Crippen molar-refractivity contribution in [3.05, 3.63) is 24.2 Å². The van der Waals surface area contributed by atoms with Gasteiger partial charge in [0.05, 0.1) is 19.1 Å². The van der Waals surface area contributed by atoms with Crippen LogP contribution in [-0.2, 0) is 9.53 Å². The fourth-order valence-corrected chi connectivity index (χ4v) is 1.02. The lowest BCUT2D eigenvalue weighted by atomic mass is 10.1.